The Bertz CT molecular complexity index is 1700. The van der Waals surface area contributed by atoms with Gasteiger partial charge in [-0.2, -0.15) is 0 Å². The number of aliphatic carboxylic acids is 1. The van der Waals surface area contributed by atoms with Crippen molar-refractivity contribution < 1.29 is 24.5 Å². The molecule has 6 nitrogen and oxygen atoms in total. The number of aryl methyl sites for hydroxylation is 1. The van der Waals surface area contributed by atoms with E-state index in [1.807, 2.05) is 77.5 Å². The maximum atomic E-state index is 11.7. The summed E-state index contributed by atoms with van der Waals surface area (Å²) in [6.45, 7) is 1.10. The first-order valence-electron chi connectivity index (χ1n) is 14.1. The Balaban J connectivity index is 1.28. The Kier molecular flexibility index (Phi) is 9.14. The van der Waals surface area contributed by atoms with Crippen LogP contribution in [0.15, 0.2) is 103 Å². The molecule has 1 heterocycles. The van der Waals surface area contributed by atoms with Crippen LogP contribution in [-0.4, -0.2) is 33.3 Å². The Morgan fingerprint density at radius 1 is 0.786 bits per heavy atom. The van der Waals surface area contributed by atoms with Gasteiger partial charge in [-0.25, -0.2) is 4.79 Å². The van der Waals surface area contributed by atoms with Crippen LogP contribution in [0.3, 0.4) is 0 Å². The molecule has 5 aromatic rings. The summed E-state index contributed by atoms with van der Waals surface area (Å²) in [5, 5.41) is 19.8. The zero-order chi connectivity index (χ0) is 29.3. The lowest BCUT2D eigenvalue weighted by Crippen LogP contribution is -2.02. The maximum Gasteiger partial charge on any atom is 0.335 e. The van der Waals surface area contributed by atoms with Gasteiger partial charge >= 0.3 is 11.9 Å². The number of carboxylic acids is 2. The van der Waals surface area contributed by atoms with Gasteiger partial charge in [0.05, 0.1) is 18.6 Å². The summed E-state index contributed by atoms with van der Waals surface area (Å²) >= 11 is 0. The fraction of sp³-hybridized carbons (Fsp3) is 0.167. The molecule has 0 saturated carbocycles. The molecular formula is C36H33NO5. The van der Waals surface area contributed by atoms with E-state index in [0.29, 0.717) is 18.7 Å². The lowest BCUT2D eigenvalue weighted by atomic mass is 10.0. The summed E-state index contributed by atoms with van der Waals surface area (Å²) in [5.74, 6) is -1.05. The van der Waals surface area contributed by atoms with Crippen LogP contribution in [0.25, 0.3) is 23.1 Å². The number of carboxylic acid groups (broad SMARTS) is 2. The van der Waals surface area contributed by atoms with Crippen LogP contribution in [-0.2, 0) is 24.2 Å². The average Bonchev–Trinajstić information content (AvgIpc) is 3.33. The molecule has 0 unspecified atom stereocenters. The zero-order valence-electron chi connectivity index (χ0n) is 23.3. The fourth-order valence-corrected chi connectivity index (χ4v) is 5.16. The summed E-state index contributed by atoms with van der Waals surface area (Å²) in [7, 11) is 0. The molecule has 0 radical (unpaired) electrons. The van der Waals surface area contributed by atoms with Crippen LogP contribution in [0.1, 0.15) is 51.0 Å². The van der Waals surface area contributed by atoms with E-state index >= 15 is 0 Å². The molecule has 212 valence electrons. The van der Waals surface area contributed by atoms with Crippen molar-refractivity contribution in [3.05, 3.63) is 137 Å². The zero-order valence-corrected chi connectivity index (χ0v) is 23.3. The standard InChI is InChI=1S/C36H33NO5/c38-34(39)23-31-25-37(24-28-11-6-13-30(22-28)36(40)41)33-14-7-12-29(35(31)33)18-15-27-16-19-32(20-17-27)42-21-5-4-10-26-8-2-1-3-9-26/h1-3,6-9,11-20,22,25H,4-5,10,21,23-24H2,(H,38,39)(H,40,41)/b18-15+. The van der Waals surface area contributed by atoms with Gasteiger partial charge in [-0.05, 0) is 77.4 Å². The molecule has 0 aliphatic heterocycles. The number of ether oxygens (including phenoxy) is 1. The van der Waals surface area contributed by atoms with Crippen LogP contribution in [0.4, 0.5) is 0 Å². The van der Waals surface area contributed by atoms with Gasteiger partial charge in [0, 0.05) is 23.6 Å². The molecule has 6 heteroatoms. The minimum Gasteiger partial charge on any atom is -0.494 e. The summed E-state index contributed by atoms with van der Waals surface area (Å²) in [6, 6.07) is 31.1. The predicted molar refractivity (Wildman–Crippen MR) is 166 cm³/mol. The lowest BCUT2D eigenvalue weighted by molar-refractivity contribution is -0.136. The molecule has 4 aromatic carbocycles. The van der Waals surface area contributed by atoms with E-state index < -0.39 is 11.9 Å². The summed E-state index contributed by atoms with van der Waals surface area (Å²) < 4.78 is 7.91. The highest BCUT2D eigenvalue weighted by molar-refractivity contribution is 5.96. The highest BCUT2D eigenvalue weighted by Crippen LogP contribution is 2.29. The van der Waals surface area contributed by atoms with Gasteiger partial charge in [-0.15, -0.1) is 0 Å². The predicted octanol–water partition coefficient (Wildman–Crippen LogP) is 7.59. The van der Waals surface area contributed by atoms with Crippen LogP contribution < -0.4 is 4.74 Å². The van der Waals surface area contributed by atoms with E-state index in [-0.39, 0.29) is 12.0 Å². The normalized spacial score (nSPS) is 11.2. The van der Waals surface area contributed by atoms with Crippen molar-refractivity contribution >= 4 is 35.0 Å². The lowest BCUT2D eigenvalue weighted by Gasteiger charge is -2.08. The molecule has 42 heavy (non-hydrogen) atoms. The van der Waals surface area contributed by atoms with Crippen LogP contribution in [0.2, 0.25) is 0 Å². The molecular weight excluding hydrogens is 526 g/mol. The average molecular weight is 560 g/mol. The Hall–Kier alpha value is -5.10. The first kappa shape index (κ1) is 28.4. The van der Waals surface area contributed by atoms with Crippen LogP contribution >= 0.6 is 0 Å². The van der Waals surface area contributed by atoms with E-state index in [1.54, 1.807) is 18.2 Å². The van der Waals surface area contributed by atoms with Crippen molar-refractivity contribution in [2.75, 3.05) is 6.61 Å². The number of benzene rings is 4. The summed E-state index contributed by atoms with van der Waals surface area (Å²) in [4.78, 5) is 23.1. The summed E-state index contributed by atoms with van der Waals surface area (Å²) in [6.07, 6.45) is 8.88. The third-order valence-corrected chi connectivity index (χ3v) is 7.19. The number of rotatable bonds is 13. The topological polar surface area (TPSA) is 88.8 Å². The molecule has 0 aliphatic rings. The number of nitrogens with zero attached hydrogens (tertiary/aromatic N) is 1. The Morgan fingerprint density at radius 3 is 2.31 bits per heavy atom. The quantitative estimate of drug-likeness (QED) is 0.115. The molecule has 0 spiro atoms. The fourth-order valence-electron chi connectivity index (χ4n) is 5.16. The minimum atomic E-state index is -0.980. The highest BCUT2D eigenvalue weighted by atomic mass is 16.5. The number of hydrogen-bond donors (Lipinski definition) is 2. The number of fused-ring (bicyclic) bond motifs is 1. The molecule has 0 aliphatic carbocycles. The van der Waals surface area contributed by atoms with Crippen molar-refractivity contribution in [2.45, 2.75) is 32.2 Å². The molecule has 0 amide bonds. The molecule has 2 N–H and O–H groups in total. The third-order valence-electron chi connectivity index (χ3n) is 7.19. The maximum absolute atomic E-state index is 11.7. The highest BCUT2D eigenvalue weighted by Gasteiger charge is 2.15. The second kappa shape index (κ2) is 13.5. The molecule has 1 aromatic heterocycles. The molecule has 0 fully saturated rings. The second-order valence-electron chi connectivity index (χ2n) is 10.3. The molecule has 0 saturated heterocycles. The first-order chi connectivity index (χ1) is 20.5. The van der Waals surface area contributed by atoms with Gasteiger partial charge in [0.15, 0.2) is 0 Å². The number of aromatic nitrogens is 1. The Morgan fingerprint density at radius 2 is 1.55 bits per heavy atom. The van der Waals surface area contributed by atoms with E-state index in [0.717, 1.165) is 52.6 Å². The monoisotopic (exact) mass is 559 g/mol. The third kappa shape index (κ3) is 7.34. The molecule has 0 atom stereocenters. The number of unbranched alkanes of at least 4 members (excludes halogenated alkanes) is 1. The smallest absolute Gasteiger partial charge is 0.335 e. The van der Waals surface area contributed by atoms with E-state index in [4.69, 9.17) is 4.74 Å². The Labute approximate surface area is 245 Å². The van der Waals surface area contributed by atoms with E-state index in [9.17, 15) is 19.8 Å². The van der Waals surface area contributed by atoms with Gasteiger partial charge in [-0.3, -0.25) is 4.79 Å². The SMILES string of the molecule is O=C(O)Cc1cn(Cc2cccc(C(=O)O)c2)c2cccc(/C=C/c3ccc(OCCCCc4ccccc4)cc3)c12. The largest absolute Gasteiger partial charge is 0.494 e. The summed E-state index contributed by atoms with van der Waals surface area (Å²) in [5.41, 5.74) is 5.93. The molecule has 5 rings (SSSR count). The van der Waals surface area contributed by atoms with Gasteiger partial charge in [0.25, 0.3) is 0 Å². The second-order valence-corrected chi connectivity index (χ2v) is 10.3. The van der Waals surface area contributed by atoms with E-state index in [2.05, 4.69) is 24.3 Å². The van der Waals surface area contributed by atoms with Gasteiger partial charge < -0.3 is 19.5 Å². The van der Waals surface area contributed by atoms with Crippen molar-refractivity contribution in [1.82, 2.24) is 4.57 Å². The van der Waals surface area contributed by atoms with Gasteiger partial charge in [0.2, 0.25) is 0 Å². The minimum absolute atomic E-state index is 0.110. The van der Waals surface area contributed by atoms with Crippen molar-refractivity contribution in [3.63, 3.8) is 0 Å². The van der Waals surface area contributed by atoms with Crippen LogP contribution in [0.5, 0.6) is 5.75 Å². The van der Waals surface area contributed by atoms with E-state index in [1.165, 1.54) is 5.56 Å². The van der Waals surface area contributed by atoms with Crippen molar-refractivity contribution in [3.8, 4) is 5.75 Å². The number of hydrogen-bond acceptors (Lipinski definition) is 3. The van der Waals surface area contributed by atoms with Crippen molar-refractivity contribution in [2.24, 2.45) is 0 Å². The number of aromatic carboxylic acids is 1. The van der Waals surface area contributed by atoms with Gasteiger partial charge in [-0.1, -0.05) is 78.9 Å². The number of carbonyl (C=O) groups is 2. The first-order valence-corrected chi connectivity index (χ1v) is 14.1. The van der Waals surface area contributed by atoms with Gasteiger partial charge in [0.1, 0.15) is 5.75 Å². The molecule has 0 bridgehead atoms. The van der Waals surface area contributed by atoms with Crippen molar-refractivity contribution in [1.29, 1.82) is 0 Å². The van der Waals surface area contributed by atoms with Crippen LogP contribution in [0, 0.1) is 0 Å².